The number of aryl methyl sites for hydroxylation is 1. The zero-order valence-electron chi connectivity index (χ0n) is 12.0. The van der Waals surface area contributed by atoms with Gasteiger partial charge in [-0.05, 0) is 19.4 Å². The van der Waals surface area contributed by atoms with Crippen LogP contribution in [-0.2, 0) is 4.74 Å². The van der Waals surface area contributed by atoms with Crippen molar-refractivity contribution in [2.75, 3.05) is 25.1 Å². The number of hydrogen-bond acceptors (Lipinski definition) is 6. The average molecular weight is 287 g/mol. The molecule has 0 bridgehead atoms. The second kappa shape index (κ2) is 5.51. The fourth-order valence-corrected chi connectivity index (χ4v) is 2.57. The third-order valence-electron chi connectivity index (χ3n) is 3.61. The number of anilines is 1. The van der Waals surface area contributed by atoms with Gasteiger partial charge in [0.05, 0.1) is 7.11 Å². The Bertz CT molecular complexity index is 641. The molecule has 2 aromatic heterocycles. The van der Waals surface area contributed by atoms with Crippen molar-refractivity contribution in [1.29, 1.82) is 0 Å². The normalized spacial score (nSPS) is 18.0. The molecular formula is C14H17N5O2. The number of esters is 1. The maximum Gasteiger partial charge on any atom is 0.356 e. The molecule has 7 nitrogen and oxygen atoms in total. The Kier molecular flexibility index (Phi) is 3.55. The monoisotopic (exact) mass is 287 g/mol. The summed E-state index contributed by atoms with van der Waals surface area (Å²) in [7, 11) is 1.35. The van der Waals surface area contributed by atoms with Crippen LogP contribution in [0.3, 0.4) is 0 Å². The van der Waals surface area contributed by atoms with Gasteiger partial charge >= 0.3 is 5.97 Å². The summed E-state index contributed by atoms with van der Waals surface area (Å²) in [6, 6.07) is 1.63. The number of aromatic amines is 1. The first-order valence-corrected chi connectivity index (χ1v) is 6.85. The molecule has 2 aromatic rings. The Balaban J connectivity index is 1.81. The maximum atomic E-state index is 11.6. The molecule has 3 rings (SSSR count). The van der Waals surface area contributed by atoms with Crippen molar-refractivity contribution in [3.8, 4) is 0 Å². The molecule has 1 aliphatic rings. The molecule has 21 heavy (non-hydrogen) atoms. The third-order valence-corrected chi connectivity index (χ3v) is 3.61. The van der Waals surface area contributed by atoms with Gasteiger partial charge in [0, 0.05) is 37.1 Å². The molecule has 1 fully saturated rings. The van der Waals surface area contributed by atoms with Gasteiger partial charge in [0.1, 0.15) is 5.82 Å². The quantitative estimate of drug-likeness (QED) is 0.856. The van der Waals surface area contributed by atoms with Crippen LogP contribution in [0.1, 0.15) is 34.3 Å². The Labute approximate surface area is 122 Å². The number of methoxy groups -OCH3 is 1. The smallest absolute Gasteiger partial charge is 0.356 e. The summed E-state index contributed by atoms with van der Waals surface area (Å²) in [5.41, 5.74) is 1.04. The van der Waals surface area contributed by atoms with E-state index in [1.807, 2.05) is 13.1 Å². The Morgan fingerprint density at radius 1 is 1.48 bits per heavy atom. The van der Waals surface area contributed by atoms with Gasteiger partial charge in [-0.1, -0.05) is 0 Å². The molecule has 1 saturated heterocycles. The van der Waals surface area contributed by atoms with Gasteiger partial charge in [0.2, 0.25) is 5.95 Å². The molecule has 1 N–H and O–H groups in total. The van der Waals surface area contributed by atoms with Gasteiger partial charge in [-0.3, -0.25) is 0 Å². The predicted octanol–water partition coefficient (Wildman–Crippen LogP) is 1.29. The van der Waals surface area contributed by atoms with Crippen LogP contribution < -0.4 is 4.90 Å². The molecule has 0 aromatic carbocycles. The summed E-state index contributed by atoms with van der Waals surface area (Å²) in [5.74, 6) is 1.46. The second-order valence-corrected chi connectivity index (χ2v) is 5.09. The Morgan fingerprint density at radius 3 is 3.05 bits per heavy atom. The fourth-order valence-electron chi connectivity index (χ4n) is 2.57. The lowest BCUT2D eigenvalue weighted by Gasteiger charge is -2.17. The number of nitrogens with zero attached hydrogens (tertiary/aromatic N) is 4. The number of ether oxygens (including phenoxy) is 1. The summed E-state index contributed by atoms with van der Waals surface area (Å²) in [5, 5.41) is 0. The molecule has 110 valence electrons. The minimum atomic E-state index is -0.441. The lowest BCUT2D eigenvalue weighted by Crippen LogP contribution is -2.23. The number of nitrogens with one attached hydrogen (secondary N) is 1. The topological polar surface area (TPSA) is 84.0 Å². The van der Waals surface area contributed by atoms with Crippen molar-refractivity contribution >= 4 is 11.9 Å². The third kappa shape index (κ3) is 2.72. The minimum Gasteiger partial charge on any atom is -0.464 e. The highest BCUT2D eigenvalue weighted by Gasteiger charge is 2.28. The van der Waals surface area contributed by atoms with Crippen LogP contribution in [0.15, 0.2) is 18.5 Å². The van der Waals surface area contributed by atoms with E-state index in [0.29, 0.717) is 17.6 Å². The number of rotatable bonds is 3. The molecule has 3 heterocycles. The zero-order valence-corrected chi connectivity index (χ0v) is 12.0. The molecule has 1 atom stereocenters. The van der Waals surface area contributed by atoms with Crippen molar-refractivity contribution in [2.45, 2.75) is 19.3 Å². The van der Waals surface area contributed by atoms with Gasteiger partial charge < -0.3 is 14.6 Å². The summed E-state index contributed by atoms with van der Waals surface area (Å²) in [4.78, 5) is 29.9. The lowest BCUT2D eigenvalue weighted by molar-refractivity contribution is 0.0593. The van der Waals surface area contributed by atoms with Crippen LogP contribution in [0, 0.1) is 6.92 Å². The van der Waals surface area contributed by atoms with Gasteiger partial charge in [-0.25, -0.2) is 19.7 Å². The van der Waals surface area contributed by atoms with Gasteiger partial charge in [-0.2, -0.15) is 0 Å². The maximum absolute atomic E-state index is 11.6. The molecular weight excluding hydrogens is 270 g/mol. The number of imidazole rings is 1. The van der Waals surface area contributed by atoms with Gasteiger partial charge in [0.15, 0.2) is 5.69 Å². The molecule has 0 saturated carbocycles. The molecule has 0 radical (unpaired) electrons. The number of hydrogen-bond donors (Lipinski definition) is 1. The largest absolute Gasteiger partial charge is 0.464 e. The highest BCUT2D eigenvalue weighted by atomic mass is 16.5. The Morgan fingerprint density at radius 2 is 2.33 bits per heavy atom. The van der Waals surface area contributed by atoms with E-state index in [9.17, 15) is 4.79 Å². The highest BCUT2D eigenvalue weighted by molar-refractivity contribution is 5.87. The van der Waals surface area contributed by atoms with Crippen molar-refractivity contribution in [3.05, 3.63) is 35.7 Å². The van der Waals surface area contributed by atoms with Crippen molar-refractivity contribution < 1.29 is 9.53 Å². The van der Waals surface area contributed by atoms with E-state index in [1.54, 1.807) is 12.3 Å². The number of H-pyrrole nitrogens is 1. The molecule has 1 aliphatic heterocycles. The van der Waals surface area contributed by atoms with Crippen LogP contribution in [0.25, 0.3) is 0 Å². The molecule has 7 heteroatoms. The van der Waals surface area contributed by atoms with E-state index in [1.165, 1.54) is 7.11 Å². The minimum absolute atomic E-state index is 0.293. The number of carbonyl (C=O) groups excluding carboxylic acids is 1. The Hall–Kier alpha value is -2.44. The standard InChI is InChI=1S/C14H17N5O2/c1-9-7-11(13(20)21-2)18-14(17-9)19-6-3-10(8-19)12-15-4-5-16-12/h4-5,7,10H,3,6,8H2,1-2H3,(H,15,16). The molecule has 1 unspecified atom stereocenters. The van der Waals surface area contributed by atoms with E-state index < -0.39 is 5.97 Å². The number of aromatic nitrogens is 4. The van der Waals surface area contributed by atoms with E-state index >= 15 is 0 Å². The summed E-state index contributed by atoms with van der Waals surface area (Å²) in [6.07, 6.45) is 4.57. The van der Waals surface area contributed by atoms with Crippen LogP contribution in [-0.4, -0.2) is 46.1 Å². The highest BCUT2D eigenvalue weighted by Crippen LogP contribution is 2.27. The van der Waals surface area contributed by atoms with Gasteiger partial charge in [-0.15, -0.1) is 0 Å². The number of carbonyl (C=O) groups is 1. The van der Waals surface area contributed by atoms with Crippen LogP contribution in [0.4, 0.5) is 5.95 Å². The van der Waals surface area contributed by atoms with E-state index in [4.69, 9.17) is 4.74 Å². The lowest BCUT2D eigenvalue weighted by atomic mass is 10.1. The molecule has 0 amide bonds. The van der Waals surface area contributed by atoms with Crippen molar-refractivity contribution in [2.24, 2.45) is 0 Å². The van der Waals surface area contributed by atoms with Crippen molar-refractivity contribution in [3.63, 3.8) is 0 Å². The van der Waals surface area contributed by atoms with E-state index in [2.05, 4.69) is 24.8 Å². The zero-order chi connectivity index (χ0) is 14.8. The molecule has 0 spiro atoms. The summed E-state index contributed by atoms with van der Waals surface area (Å²) < 4.78 is 4.73. The van der Waals surface area contributed by atoms with Crippen molar-refractivity contribution in [1.82, 2.24) is 19.9 Å². The first-order chi connectivity index (χ1) is 10.2. The average Bonchev–Trinajstić information content (AvgIpc) is 3.16. The van der Waals surface area contributed by atoms with Crippen LogP contribution in [0.2, 0.25) is 0 Å². The van der Waals surface area contributed by atoms with E-state index in [0.717, 1.165) is 31.0 Å². The van der Waals surface area contributed by atoms with Gasteiger partial charge in [0.25, 0.3) is 0 Å². The first-order valence-electron chi connectivity index (χ1n) is 6.85. The second-order valence-electron chi connectivity index (χ2n) is 5.09. The first kappa shape index (κ1) is 13.5. The SMILES string of the molecule is COC(=O)c1cc(C)nc(N2CCC(c3ncc[nH]3)C2)n1. The molecule has 0 aliphatic carbocycles. The van der Waals surface area contributed by atoms with Crippen LogP contribution >= 0.6 is 0 Å². The van der Waals surface area contributed by atoms with Crippen LogP contribution in [0.5, 0.6) is 0 Å². The van der Waals surface area contributed by atoms with E-state index in [-0.39, 0.29) is 0 Å². The fraction of sp³-hybridized carbons (Fsp3) is 0.429. The summed E-state index contributed by atoms with van der Waals surface area (Å²) >= 11 is 0. The summed E-state index contributed by atoms with van der Waals surface area (Å²) in [6.45, 7) is 3.48. The predicted molar refractivity (Wildman–Crippen MR) is 76.3 cm³/mol.